The van der Waals surface area contributed by atoms with Gasteiger partial charge in [0.1, 0.15) is 21.7 Å². The van der Waals surface area contributed by atoms with E-state index in [9.17, 15) is 18.7 Å². The van der Waals surface area contributed by atoms with E-state index in [1.54, 1.807) is 17.2 Å². The Hall–Kier alpha value is -2.79. The Morgan fingerprint density at radius 2 is 1.97 bits per heavy atom. The van der Waals surface area contributed by atoms with Gasteiger partial charge in [0.25, 0.3) is 12.4 Å². The zero-order valence-corrected chi connectivity index (χ0v) is 20.1. The number of hydrogen-bond acceptors (Lipinski definition) is 8. The van der Waals surface area contributed by atoms with Crippen molar-refractivity contribution in [3.63, 3.8) is 0 Å². The molecule has 0 spiro atoms. The van der Waals surface area contributed by atoms with Gasteiger partial charge in [-0.3, -0.25) is 4.90 Å². The summed E-state index contributed by atoms with van der Waals surface area (Å²) in [6, 6.07) is 3.25. The Morgan fingerprint density at radius 1 is 1.26 bits per heavy atom. The number of nitrogens with zero attached hydrogens (tertiary/aromatic N) is 4. The summed E-state index contributed by atoms with van der Waals surface area (Å²) >= 11 is 1.39. The second-order valence-corrected chi connectivity index (χ2v) is 10.9. The molecule has 34 heavy (non-hydrogen) atoms. The molecule has 3 aliphatic rings. The van der Waals surface area contributed by atoms with Crippen LogP contribution in [0, 0.1) is 0 Å². The highest BCUT2D eigenvalue weighted by molar-refractivity contribution is 7.13. The van der Waals surface area contributed by atoms with E-state index in [-0.39, 0.29) is 35.3 Å². The van der Waals surface area contributed by atoms with Crippen molar-refractivity contribution in [1.29, 1.82) is 0 Å². The highest BCUT2D eigenvalue weighted by Crippen LogP contribution is 2.42. The molecular formula is C23H26F2N4O4S. The zero-order valence-electron chi connectivity index (χ0n) is 19.3. The van der Waals surface area contributed by atoms with Gasteiger partial charge in [-0.2, -0.15) is 4.98 Å². The van der Waals surface area contributed by atoms with Crippen LogP contribution in [-0.2, 0) is 10.3 Å². The first kappa shape index (κ1) is 23.0. The molecule has 11 heteroatoms. The van der Waals surface area contributed by atoms with E-state index in [0.717, 1.165) is 13.3 Å². The number of piperidine rings is 1. The SMILES string of the molecule is CC(C)(C)OC(=O)N1C2CC1CN(c1nc3c(C(C)(O)C(F)F)ccc(-c4nccs4)c3o1)C2. The molecule has 2 aromatic heterocycles. The first-order valence-electron chi connectivity index (χ1n) is 11.1. The fourth-order valence-electron chi connectivity index (χ4n) is 4.56. The molecule has 1 amide bonds. The van der Waals surface area contributed by atoms with Gasteiger partial charge in [-0.1, -0.05) is 6.07 Å². The second kappa shape index (κ2) is 7.88. The highest BCUT2D eigenvalue weighted by Gasteiger charge is 2.50. The molecule has 3 aromatic rings. The average molecular weight is 493 g/mol. The molecule has 6 rings (SSSR count). The van der Waals surface area contributed by atoms with Crippen LogP contribution in [0.15, 0.2) is 28.1 Å². The maximum Gasteiger partial charge on any atom is 0.410 e. The van der Waals surface area contributed by atoms with Gasteiger partial charge in [-0.05, 0) is 40.2 Å². The number of alkyl halides is 2. The first-order valence-corrected chi connectivity index (χ1v) is 11.9. The monoisotopic (exact) mass is 492 g/mol. The van der Waals surface area contributed by atoms with Gasteiger partial charge in [0.05, 0.1) is 17.6 Å². The molecule has 0 saturated carbocycles. The number of rotatable bonds is 4. The minimum Gasteiger partial charge on any atom is -0.444 e. The number of carbonyl (C=O) groups excluding carboxylic acids is 1. The standard InChI is InChI=1S/C23H26F2N4O4S/c1-22(2,3)33-21(30)29-12-9-13(29)11-28(10-12)20-27-16-15(23(4,31)19(24)25)6-5-14(17(16)32-20)18-26-7-8-34-18/h5-8,12-13,19,31H,9-11H2,1-4H3. The molecule has 182 valence electrons. The third kappa shape index (κ3) is 3.80. The summed E-state index contributed by atoms with van der Waals surface area (Å²) in [5, 5.41) is 13.0. The smallest absolute Gasteiger partial charge is 0.410 e. The quantitative estimate of drug-likeness (QED) is 0.568. The Kier molecular flexibility index (Phi) is 5.32. The summed E-state index contributed by atoms with van der Waals surface area (Å²) in [5.41, 5.74) is -1.89. The Balaban J connectivity index is 1.49. The fraction of sp³-hybridized carbons (Fsp3) is 0.522. The molecule has 3 fully saturated rings. The van der Waals surface area contributed by atoms with Gasteiger partial charge in [0.15, 0.2) is 5.58 Å². The Morgan fingerprint density at radius 3 is 2.56 bits per heavy atom. The maximum absolute atomic E-state index is 13.7. The molecule has 5 heterocycles. The van der Waals surface area contributed by atoms with Gasteiger partial charge in [0, 0.05) is 30.2 Å². The fourth-order valence-corrected chi connectivity index (χ4v) is 5.22. The predicted molar refractivity (Wildman–Crippen MR) is 123 cm³/mol. The third-order valence-electron chi connectivity index (χ3n) is 6.23. The van der Waals surface area contributed by atoms with Crippen LogP contribution < -0.4 is 4.90 Å². The van der Waals surface area contributed by atoms with E-state index in [1.165, 1.54) is 17.4 Å². The normalized spacial score (nSPS) is 22.1. The van der Waals surface area contributed by atoms with Crippen LogP contribution in [0.4, 0.5) is 19.6 Å². The number of anilines is 1. The number of benzene rings is 1. The van der Waals surface area contributed by atoms with Crippen molar-refractivity contribution >= 4 is 34.5 Å². The summed E-state index contributed by atoms with van der Waals surface area (Å²) in [6.45, 7) is 7.52. The van der Waals surface area contributed by atoms with Gasteiger partial charge in [0.2, 0.25) is 0 Å². The van der Waals surface area contributed by atoms with Crippen molar-refractivity contribution < 1.29 is 27.8 Å². The van der Waals surface area contributed by atoms with E-state index in [1.807, 2.05) is 31.1 Å². The number of hydrogen-bond donors (Lipinski definition) is 1. The van der Waals surface area contributed by atoms with Crippen molar-refractivity contribution in [2.45, 2.75) is 63.8 Å². The molecule has 1 aromatic carbocycles. The van der Waals surface area contributed by atoms with Crippen LogP contribution in [0.25, 0.3) is 21.7 Å². The summed E-state index contributed by atoms with van der Waals surface area (Å²) in [5.74, 6) is 0. The van der Waals surface area contributed by atoms with Crippen LogP contribution >= 0.6 is 11.3 Å². The third-order valence-corrected chi connectivity index (χ3v) is 7.04. The lowest BCUT2D eigenvalue weighted by molar-refractivity contribution is -0.0874. The number of piperazine rings is 1. The molecule has 1 N–H and O–H groups in total. The lowest BCUT2D eigenvalue weighted by Crippen LogP contribution is -2.70. The summed E-state index contributed by atoms with van der Waals surface area (Å²) in [4.78, 5) is 25.1. The van der Waals surface area contributed by atoms with Crippen molar-refractivity contribution in [2.75, 3.05) is 18.0 Å². The van der Waals surface area contributed by atoms with Crippen molar-refractivity contribution in [2.24, 2.45) is 0 Å². The van der Waals surface area contributed by atoms with E-state index in [0.29, 0.717) is 29.2 Å². The minimum atomic E-state index is -3.01. The summed E-state index contributed by atoms with van der Waals surface area (Å²) in [7, 11) is 0. The molecule has 3 unspecified atom stereocenters. The van der Waals surface area contributed by atoms with Gasteiger partial charge in [-0.15, -0.1) is 11.3 Å². The first-order chi connectivity index (χ1) is 16.0. The van der Waals surface area contributed by atoms with E-state index in [4.69, 9.17) is 9.15 Å². The largest absolute Gasteiger partial charge is 0.444 e. The predicted octanol–water partition coefficient (Wildman–Crippen LogP) is 4.62. The van der Waals surface area contributed by atoms with Crippen LogP contribution in [-0.4, -0.2) is 63.3 Å². The van der Waals surface area contributed by atoms with Gasteiger partial charge in [-0.25, -0.2) is 18.6 Å². The topological polar surface area (TPSA) is 91.9 Å². The second-order valence-electron chi connectivity index (χ2n) is 9.96. The minimum absolute atomic E-state index is 0.00893. The Bertz CT molecular complexity index is 1210. The zero-order chi connectivity index (χ0) is 24.4. The average Bonchev–Trinajstić information content (AvgIpc) is 3.41. The molecule has 0 aliphatic carbocycles. The Labute approximate surface area is 199 Å². The number of thiazole rings is 1. The van der Waals surface area contributed by atoms with Crippen LogP contribution in [0.5, 0.6) is 0 Å². The molecule has 3 aliphatic heterocycles. The number of fused-ring (bicyclic) bond motifs is 3. The lowest BCUT2D eigenvalue weighted by atomic mass is 9.88. The number of carbonyl (C=O) groups is 1. The number of aromatic nitrogens is 2. The number of ether oxygens (including phenoxy) is 1. The molecule has 8 nitrogen and oxygen atoms in total. The highest BCUT2D eigenvalue weighted by atomic mass is 32.1. The van der Waals surface area contributed by atoms with Crippen LogP contribution in [0.1, 0.15) is 39.7 Å². The molecular weight excluding hydrogens is 466 g/mol. The van der Waals surface area contributed by atoms with E-state index < -0.39 is 17.6 Å². The van der Waals surface area contributed by atoms with Gasteiger partial charge >= 0.3 is 6.09 Å². The maximum atomic E-state index is 13.7. The summed E-state index contributed by atoms with van der Waals surface area (Å²) < 4.78 is 39.0. The molecule has 2 bridgehead atoms. The van der Waals surface area contributed by atoms with Gasteiger partial charge < -0.3 is 19.2 Å². The van der Waals surface area contributed by atoms with Crippen molar-refractivity contribution in [3.8, 4) is 10.6 Å². The molecule has 0 radical (unpaired) electrons. The van der Waals surface area contributed by atoms with Crippen molar-refractivity contribution in [1.82, 2.24) is 14.9 Å². The molecule has 3 atom stereocenters. The number of amides is 1. The molecule has 3 saturated heterocycles. The van der Waals surface area contributed by atoms with E-state index in [2.05, 4.69) is 9.97 Å². The number of oxazole rings is 1. The van der Waals surface area contributed by atoms with Crippen LogP contribution in [0.3, 0.4) is 0 Å². The number of aliphatic hydroxyl groups is 1. The van der Waals surface area contributed by atoms with Crippen LogP contribution in [0.2, 0.25) is 0 Å². The van der Waals surface area contributed by atoms with E-state index >= 15 is 0 Å². The van der Waals surface area contributed by atoms with Crippen molar-refractivity contribution in [3.05, 3.63) is 29.3 Å². The summed E-state index contributed by atoms with van der Waals surface area (Å²) in [6.07, 6.45) is -0.847. The lowest BCUT2D eigenvalue weighted by Gasteiger charge is -2.55. The number of halogens is 2.